The molecular weight excluding hydrogens is 364 g/mol. The molecule has 0 heterocycles. The molecular formula is C25H32O4. The van der Waals surface area contributed by atoms with Crippen molar-refractivity contribution in [3.63, 3.8) is 0 Å². The predicted octanol–water partition coefficient (Wildman–Crippen LogP) is 4.60. The third-order valence-electron chi connectivity index (χ3n) is 8.61. The summed E-state index contributed by atoms with van der Waals surface area (Å²) in [6.45, 7) is 13.9. The van der Waals surface area contributed by atoms with E-state index in [9.17, 15) is 14.4 Å². The molecule has 0 aromatic heterocycles. The molecule has 0 bridgehead atoms. The number of hydrogen-bond acceptors (Lipinski definition) is 4. The summed E-state index contributed by atoms with van der Waals surface area (Å²) in [5.74, 6) is 0.787. The van der Waals surface area contributed by atoms with Crippen LogP contribution in [-0.4, -0.2) is 23.6 Å². The minimum absolute atomic E-state index is 0.0291. The van der Waals surface area contributed by atoms with Crippen molar-refractivity contribution in [2.75, 3.05) is 0 Å². The van der Waals surface area contributed by atoms with Crippen molar-refractivity contribution in [1.82, 2.24) is 0 Å². The molecule has 2 saturated carbocycles. The van der Waals surface area contributed by atoms with Crippen LogP contribution in [0.3, 0.4) is 0 Å². The lowest BCUT2D eigenvalue weighted by Crippen LogP contribution is -2.55. The molecule has 7 atom stereocenters. The van der Waals surface area contributed by atoms with Gasteiger partial charge in [0, 0.05) is 24.7 Å². The molecule has 0 aliphatic heterocycles. The van der Waals surface area contributed by atoms with E-state index in [0.717, 1.165) is 36.0 Å². The Labute approximate surface area is 173 Å². The number of esters is 1. The predicted molar refractivity (Wildman–Crippen MR) is 111 cm³/mol. The molecule has 1 unspecified atom stereocenters. The summed E-state index contributed by atoms with van der Waals surface area (Å²) >= 11 is 0. The quantitative estimate of drug-likeness (QED) is 0.506. The van der Waals surface area contributed by atoms with Crippen LogP contribution in [-0.2, 0) is 19.1 Å². The van der Waals surface area contributed by atoms with Crippen LogP contribution < -0.4 is 0 Å². The highest BCUT2D eigenvalue weighted by molar-refractivity contribution is 5.93. The number of allylic oxidation sites excluding steroid dienone is 4. The van der Waals surface area contributed by atoms with Crippen LogP contribution in [0.15, 0.2) is 35.5 Å². The van der Waals surface area contributed by atoms with Gasteiger partial charge in [-0.05, 0) is 67.9 Å². The molecule has 4 aliphatic carbocycles. The monoisotopic (exact) mass is 396 g/mol. The highest BCUT2D eigenvalue weighted by atomic mass is 16.5. The first-order valence-corrected chi connectivity index (χ1v) is 10.8. The zero-order valence-electron chi connectivity index (χ0n) is 18.2. The highest BCUT2D eigenvalue weighted by Crippen LogP contribution is 2.67. The van der Waals surface area contributed by atoms with Crippen LogP contribution in [0, 0.1) is 34.5 Å². The SMILES string of the molecule is C=C1C[C@H]2[C@@H]3C=C(C)C4=CC(=O)CC(OC(C)=O)[C@]4(C)[C@H]3CC[C@]2(C)[C@H]1C(C)=O. The van der Waals surface area contributed by atoms with E-state index >= 15 is 0 Å². The van der Waals surface area contributed by atoms with Gasteiger partial charge in [-0.15, -0.1) is 0 Å². The molecule has 4 heteroatoms. The fourth-order valence-corrected chi connectivity index (χ4v) is 7.51. The second-order valence-corrected chi connectivity index (χ2v) is 10.2. The summed E-state index contributed by atoms with van der Waals surface area (Å²) in [6, 6.07) is 0. The largest absolute Gasteiger partial charge is 0.461 e. The summed E-state index contributed by atoms with van der Waals surface area (Å²) in [6.07, 6.45) is 6.72. The standard InChI is InChI=1S/C25H32O4/c1-13-9-18-19(7-8-24(5)21(18)10-14(2)23(24)15(3)26)25(6)20(13)11-17(28)12-22(25)29-16(4)27/h9,11,18-19,21-23H,2,7-8,10,12H2,1,3-6H3/t18-,19+,21+,22?,23-,24+,25-/m1/s1. The van der Waals surface area contributed by atoms with Gasteiger partial charge in [-0.2, -0.15) is 0 Å². The lowest BCUT2D eigenvalue weighted by atomic mass is 9.47. The minimum Gasteiger partial charge on any atom is -0.461 e. The molecule has 4 rings (SSSR count). The third-order valence-corrected chi connectivity index (χ3v) is 8.61. The number of carbonyl (C=O) groups excluding carboxylic acids is 3. The Morgan fingerprint density at radius 3 is 2.48 bits per heavy atom. The average molecular weight is 397 g/mol. The van der Waals surface area contributed by atoms with E-state index in [-0.39, 0.29) is 46.6 Å². The molecule has 0 aromatic rings. The Kier molecular flexibility index (Phi) is 4.56. The first-order chi connectivity index (χ1) is 13.5. The number of fused-ring (bicyclic) bond motifs is 5. The van der Waals surface area contributed by atoms with Crippen molar-refractivity contribution in [2.24, 2.45) is 34.5 Å². The highest BCUT2D eigenvalue weighted by Gasteiger charge is 2.62. The molecule has 0 aromatic carbocycles. The Hall–Kier alpha value is -1.97. The molecule has 0 radical (unpaired) electrons. The van der Waals surface area contributed by atoms with Crippen molar-refractivity contribution in [3.8, 4) is 0 Å². The fraction of sp³-hybridized carbons (Fsp3) is 0.640. The fourth-order valence-electron chi connectivity index (χ4n) is 7.51. The lowest BCUT2D eigenvalue weighted by molar-refractivity contribution is -0.160. The van der Waals surface area contributed by atoms with Gasteiger partial charge in [0.1, 0.15) is 11.9 Å². The second kappa shape index (κ2) is 6.52. The summed E-state index contributed by atoms with van der Waals surface area (Å²) in [5, 5.41) is 0. The molecule has 29 heavy (non-hydrogen) atoms. The van der Waals surface area contributed by atoms with Crippen LogP contribution in [0.2, 0.25) is 0 Å². The van der Waals surface area contributed by atoms with E-state index in [2.05, 4.69) is 33.4 Å². The maximum absolute atomic E-state index is 12.5. The zero-order chi connectivity index (χ0) is 21.3. The Morgan fingerprint density at radius 2 is 1.86 bits per heavy atom. The molecule has 0 N–H and O–H groups in total. The first-order valence-electron chi connectivity index (χ1n) is 10.8. The van der Waals surface area contributed by atoms with Crippen LogP contribution in [0.4, 0.5) is 0 Å². The molecule has 0 spiro atoms. The van der Waals surface area contributed by atoms with Crippen molar-refractivity contribution in [1.29, 1.82) is 0 Å². The summed E-state index contributed by atoms with van der Waals surface area (Å²) in [4.78, 5) is 36.7. The maximum Gasteiger partial charge on any atom is 0.302 e. The van der Waals surface area contributed by atoms with E-state index in [1.807, 2.05) is 0 Å². The van der Waals surface area contributed by atoms with Crippen molar-refractivity contribution < 1.29 is 19.1 Å². The zero-order valence-corrected chi connectivity index (χ0v) is 18.2. The van der Waals surface area contributed by atoms with Gasteiger partial charge in [-0.3, -0.25) is 14.4 Å². The third kappa shape index (κ3) is 2.74. The topological polar surface area (TPSA) is 60.4 Å². The van der Waals surface area contributed by atoms with Gasteiger partial charge in [0.25, 0.3) is 0 Å². The Balaban J connectivity index is 1.82. The Morgan fingerprint density at radius 1 is 1.17 bits per heavy atom. The van der Waals surface area contributed by atoms with Gasteiger partial charge in [0.2, 0.25) is 0 Å². The number of hydrogen-bond donors (Lipinski definition) is 0. The maximum atomic E-state index is 12.5. The summed E-state index contributed by atoms with van der Waals surface area (Å²) in [7, 11) is 0. The van der Waals surface area contributed by atoms with E-state index in [0.29, 0.717) is 11.8 Å². The van der Waals surface area contributed by atoms with Crippen LogP contribution in [0.25, 0.3) is 0 Å². The molecule has 156 valence electrons. The first kappa shape index (κ1) is 20.3. The number of ketones is 2. The number of carbonyl (C=O) groups is 3. The Bertz CT molecular complexity index is 877. The average Bonchev–Trinajstić information content (AvgIpc) is 2.87. The minimum atomic E-state index is -0.429. The van der Waals surface area contributed by atoms with Crippen LogP contribution in [0.5, 0.6) is 0 Å². The van der Waals surface area contributed by atoms with Crippen molar-refractivity contribution in [3.05, 3.63) is 35.5 Å². The van der Waals surface area contributed by atoms with Gasteiger partial charge in [-0.1, -0.05) is 37.6 Å². The van der Waals surface area contributed by atoms with E-state index < -0.39 is 6.10 Å². The summed E-state index contributed by atoms with van der Waals surface area (Å²) < 4.78 is 5.75. The molecule has 2 fully saturated rings. The van der Waals surface area contributed by atoms with Crippen molar-refractivity contribution in [2.45, 2.75) is 66.4 Å². The number of rotatable bonds is 2. The second-order valence-electron chi connectivity index (χ2n) is 10.2. The normalized spacial score (nSPS) is 43.6. The van der Waals surface area contributed by atoms with Gasteiger partial charge in [0.05, 0.1) is 0 Å². The van der Waals surface area contributed by atoms with Crippen LogP contribution >= 0.6 is 0 Å². The number of ether oxygens (including phenoxy) is 1. The van der Waals surface area contributed by atoms with Gasteiger partial charge < -0.3 is 4.74 Å². The van der Waals surface area contributed by atoms with Crippen molar-refractivity contribution >= 4 is 17.5 Å². The molecule has 4 nitrogen and oxygen atoms in total. The van der Waals surface area contributed by atoms with E-state index in [1.54, 1.807) is 13.0 Å². The lowest BCUT2D eigenvalue weighted by Gasteiger charge is -2.58. The molecule has 4 aliphatic rings. The number of Topliss-reactive ketones (excluding diaryl/α,β-unsaturated/α-hetero) is 1. The molecule has 0 saturated heterocycles. The van der Waals surface area contributed by atoms with Gasteiger partial charge >= 0.3 is 5.97 Å². The van der Waals surface area contributed by atoms with Gasteiger partial charge in [0.15, 0.2) is 5.78 Å². The smallest absolute Gasteiger partial charge is 0.302 e. The van der Waals surface area contributed by atoms with Crippen LogP contribution in [0.1, 0.15) is 60.3 Å². The summed E-state index contributed by atoms with van der Waals surface area (Å²) in [5.41, 5.74) is 2.77. The van der Waals surface area contributed by atoms with Gasteiger partial charge in [-0.25, -0.2) is 0 Å². The van der Waals surface area contributed by atoms with E-state index in [1.165, 1.54) is 6.92 Å². The van der Waals surface area contributed by atoms with E-state index in [4.69, 9.17) is 4.74 Å². The molecule has 0 amide bonds.